The number of ether oxygens (including phenoxy) is 3. The lowest BCUT2D eigenvalue weighted by atomic mass is 9.48. The van der Waals surface area contributed by atoms with E-state index in [4.69, 9.17) is 14.2 Å². The van der Waals surface area contributed by atoms with Gasteiger partial charge in [-0.15, -0.1) is 6.58 Å². The third-order valence-corrected chi connectivity index (χ3v) is 7.72. The van der Waals surface area contributed by atoms with Crippen molar-refractivity contribution in [2.45, 2.75) is 54.6 Å². The minimum absolute atomic E-state index is 0.00269. The third-order valence-electron chi connectivity index (χ3n) is 7.72. The van der Waals surface area contributed by atoms with E-state index in [1.54, 1.807) is 6.07 Å². The molecule has 2 saturated heterocycles. The van der Waals surface area contributed by atoms with Crippen LogP contribution in [0.15, 0.2) is 24.8 Å². The van der Waals surface area contributed by atoms with Crippen molar-refractivity contribution in [1.82, 2.24) is 4.90 Å². The fourth-order valence-corrected chi connectivity index (χ4v) is 6.74. The largest absolute Gasteiger partial charge is 0.504 e. The van der Waals surface area contributed by atoms with Crippen molar-refractivity contribution in [3.63, 3.8) is 0 Å². The van der Waals surface area contributed by atoms with Crippen molar-refractivity contribution in [3.05, 3.63) is 35.9 Å². The Kier molecular flexibility index (Phi) is 3.06. The van der Waals surface area contributed by atoms with Crippen molar-refractivity contribution in [3.8, 4) is 11.5 Å². The van der Waals surface area contributed by atoms with Crippen molar-refractivity contribution >= 4 is 0 Å². The molecule has 1 saturated carbocycles. The Hall–Kier alpha value is -1.60. The first-order chi connectivity index (χ1) is 13.1. The van der Waals surface area contributed by atoms with Gasteiger partial charge in [0.1, 0.15) is 0 Å². The van der Waals surface area contributed by atoms with Crippen LogP contribution in [0.5, 0.6) is 11.5 Å². The molecule has 0 amide bonds. The van der Waals surface area contributed by atoms with E-state index in [0.717, 1.165) is 37.1 Å². The minimum Gasteiger partial charge on any atom is -0.504 e. The van der Waals surface area contributed by atoms with Gasteiger partial charge in [-0.25, -0.2) is 0 Å². The molecule has 1 aromatic carbocycles. The molecule has 2 aliphatic carbocycles. The van der Waals surface area contributed by atoms with Crippen molar-refractivity contribution < 1.29 is 24.4 Å². The van der Waals surface area contributed by atoms with E-state index < -0.39 is 22.9 Å². The number of aliphatic hydroxyl groups is 1. The number of hydrogen-bond donors (Lipinski definition) is 2. The Morgan fingerprint density at radius 2 is 2.04 bits per heavy atom. The third kappa shape index (κ3) is 1.68. The quantitative estimate of drug-likeness (QED) is 0.768. The van der Waals surface area contributed by atoms with Gasteiger partial charge in [0.25, 0.3) is 0 Å². The van der Waals surface area contributed by atoms with Crippen LogP contribution in [-0.4, -0.2) is 65.0 Å². The molecule has 3 heterocycles. The van der Waals surface area contributed by atoms with E-state index in [0.29, 0.717) is 31.8 Å². The summed E-state index contributed by atoms with van der Waals surface area (Å²) < 4.78 is 18.6. The Bertz CT molecular complexity index is 834. The topological polar surface area (TPSA) is 71.4 Å². The van der Waals surface area contributed by atoms with Gasteiger partial charge in [-0.1, -0.05) is 12.1 Å². The Morgan fingerprint density at radius 1 is 1.22 bits per heavy atom. The van der Waals surface area contributed by atoms with E-state index in [1.165, 1.54) is 0 Å². The van der Waals surface area contributed by atoms with Crippen LogP contribution in [0, 0.1) is 0 Å². The highest BCUT2D eigenvalue weighted by Crippen LogP contribution is 2.67. The van der Waals surface area contributed by atoms with Gasteiger partial charge in [-0.3, -0.25) is 4.90 Å². The summed E-state index contributed by atoms with van der Waals surface area (Å²) in [7, 11) is 0. The molecule has 2 N–H and O–H groups in total. The number of piperidine rings is 1. The molecule has 2 spiro atoms. The van der Waals surface area contributed by atoms with E-state index in [1.807, 2.05) is 12.1 Å². The van der Waals surface area contributed by atoms with Gasteiger partial charge in [-0.05, 0) is 37.4 Å². The summed E-state index contributed by atoms with van der Waals surface area (Å²) in [4.78, 5) is 2.34. The lowest BCUT2D eigenvalue weighted by molar-refractivity contribution is -0.296. The smallest absolute Gasteiger partial charge is 0.207 e. The standard InChI is InChI=1S/C21H25NO5/c1-2-8-22-9-7-19-16-13-3-4-14(23)17(16)27-18(19)21(25-10-11-26-21)6-5-20(19,24)15(22)12-13/h2-4,15,18,23-24H,1,5-12H2/t15-,18?,19+,20?/m1/s1. The molecular weight excluding hydrogens is 346 g/mol. The number of rotatable bonds is 2. The van der Waals surface area contributed by atoms with Crippen molar-refractivity contribution in [2.24, 2.45) is 0 Å². The zero-order valence-corrected chi connectivity index (χ0v) is 15.3. The second-order valence-corrected chi connectivity index (χ2v) is 8.60. The molecule has 6 heteroatoms. The second-order valence-electron chi connectivity index (χ2n) is 8.60. The second kappa shape index (κ2) is 5.06. The maximum absolute atomic E-state index is 12.2. The summed E-state index contributed by atoms with van der Waals surface area (Å²) in [6.45, 7) is 6.59. The fourth-order valence-electron chi connectivity index (χ4n) is 6.74. The zero-order chi connectivity index (χ0) is 18.4. The number of hydrogen-bond acceptors (Lipinski definition) is 6. The first-order valence-corrected chi connectivity index (χ1v) is 9.93. The number of aromatic hydroxyl groups is 1. The summed E-state index contributed by atoms with van der Waals surface area (Å²) in [6, 6.07) is 3.70. The van der Waals surface area contributed by atoms with Crippen LogP contribution >= 0.6 is 0 Å². The Morgan fingerprint density at radius 3 is 2.81 bits per heavy atom. The molecule has 6 rings (SSSR count). The monoisotopic (exact) mass is 371 g/mol. The molecule has 27 heavy (non-hydrogen) atoms. The number of phenolic OH excluding ortho intramolecular Hbond substituents is 1. The van der Waals surface area contributed by atoms with E-state index >= 15 is 0 Å². The zero-order valence-electron chi connectivity index (χ0n) is 15.3. The van der Waals surface area contributed by atoms with Crippen molar-refractivity contribution in [2.75, 3.05) is 26.3 Å². The van der Waals surface area contributed by atoms with Gasteiger partial charge in [-0.2, -0.15) is 0 Å². The molecule has 2 unspecified atom stereocenters. The Balaban J connectivity index is 1.61. The van der Waals surface area contributed by atoms with Gasteiger partial charge in [0.2, 0.25) is 5.79 Å². The van der Waals surface area contributed by atoms with Gasteiger partial charge in [0.15, 0.2) is 17.6 Å². The predicted molar refractivity (Wildman–Crippen MR) is 96.9 cm³/mol. The van der Waals surface area contributed by atoms with E-state index in [2.05, 4.69) is 11.5 Å². The summed E-state index contributed by atoms with van der Waals surface area (Å²) in [5.41, 5.74) is 0.594. The predicted octanol–water partition coefficient (Wildman–Crippen LogP) is 1.48. The molecule has 1 aromatic rings. The number of likely N-dealkylation sites (tertiary alicyclic amines) is 1. The van der Waals surface area contributed by atoms with Gasteiger partial charge < -0.3 is 24.4 Å². The minimum atomic E-state index is -0.939. The van der Waals surface area contributed by atoms with Crippen LogP contribution in [0.4, 0.5) is 0 Å². The molecule has 0 radical (unpaired) electrons. The lowest BCUT2D eigenvalue weighted by Crippen LogP contribution is -2.79. The number of benzene rings is 1. The van der Waals surface area contributed by atoms with Crippen LogP contribution in [0.25, 0.3) is 0 Å². The fraction of sp³-hybridized carbons (Fsp3) is 0.619. The van der Waals surface area contributed by atoms with Crippen LogP contribution in [0.3, 0.4) is 0 Å². The van der Waals surface area contributed by atoms with Crippen LogP contribution in [0.2, 0.25) is 0 Å². The summed E-state index contributed by atoms with van der Waals surface area (Å²) in [5, 5.41) is 22.7. The maximum Gasteiger partial charge on any atom is 0.207 e. The highest BCUT2D eigenvalue weighted by molar-refractivity contribution is 5.62. The first-order valence-electron chi connectivity index (χ1n) is 9.93. The van der Waals surface area contributed by atoms with Gasteiger partial charge in [0.05, 0.1) is 24.2 Å². The lowest BCUT2D eigenvalue weighted by Gasteiger charge is -2.65. The van der Waals surface area contributed by atoms with Crippen molar-refractivity contribution in [1.29, 1.82) is 0 Å². The molecule has 144 valence electrons. The molecule has 4 atom stereocenters. The van der Waals surface area contributed by atoms with Gasteiger partial charge >= 0.3 is 0 Å². The molecule has 3 fully saturated rings. The maximum atomic E-state index is 12.2. The molecule has 0 aromatic heterocycles. The average Bonchev–Trinajstić information content (AvgIpc) is 3.26. The number of fused-ring (bicyclic) bond motifs is 1. The first kappa shape index (κ1) is 16.4. The molecule has 3 aliphatic heterocycles. The average molecular weight is 371 g/mol. The highest BCUT2D eigenvalue weighted by Gasteiger charge is 2.77. The molecular formula is C21H25NO5. The Labute approximate surface area is 158 Å². The summed E-state index contributed by atoms with van der Waals surface area (Å²) in [5.74, 6) is -0.177. The van der Waals surface area contributed by atoms with Crippen LogP contribution < -0.4 is 4.74 Å². The normalized spacial score (nSPS) is 40.6. The highest BCUT2D eigenvalue weighted by atomic mass is 16.8. The SMILES string of the molecule is C=CCN1CC[C@]23c4c5ccc(O)c4OC2C2(CCC3(O)[C@H]1C5)OCCO2. The molecule has 5 aliphatic rings. The molecule has 6 nitrogen and oxygen atoms in total. The summed E-state index contributed by atoms with van der Waals surface area (Å²) >= 11 is 0. The van der Waals surface area contributed by atoms with Crippen LogP contribution in [0.1, 0.15) is 30.4 Å². The molecule has 2 bridgehead atoms. The summed E-state index contributed by atoms with van der Waals surface area (Å²) in [6.07, 6.45) is 4.16. The van der Waals surface area contributed by atoms with E-state index in [-0.39, 0.29) is 11.8 Å². The van der Waals surface area contributed by atoms with Gasteiger partial charge in [0, 0.05) is 24.6 Å². The number of nitrogens with zero attached hydrogens (tertiary/aromatic N) is 1. The number of phenols is 1. The van der Waals surface area contributed by atoms with Crippen LogP contribution in [-0.2, 0) is 21.3 Å². The van der Waals surface area contributed by atoms with E-state index in [9.17, 15) is 10.2 Å².